The molecule has 1 nitrogen and oxygen atoms in total. The summed E-state index contributed by atoms with van der Waals surface area (Å²) in [5.41, 5.74) is 0. The molecule has 0 amide bonds. The third kappa shape index (κ3) is 7.34. The Balaban J connectivity index is 3.22. The number of aliphatic hydroxyl groups is 1. The summed E-state index contributed by atoms with van der Waals surface area (Å²) in [6.07, 6.45) is 9.67. The maximum atomic E-state index is 9.01. The molecule has 1 unspecified atom stereocenters. The van der Waals surface area contributed by atoms with Crippen molar-refractivity contribution in [1.29, 1.82) is 0 Å². The monoisotopic (exact) mass is 154 g/mol. The first kappa shape index (κ1) is 10.4. The first-order valence-electron chi connectivity index (χ1n) is 4.28. The Kier molecular flexibility index (Phi) is 7.16. The normalized spacial score (nSPS) is 13.6. The number of rotatable bonds is 6. The van der Waals surface area contributed by atoms with Gasteiger partial charge < -0.3 is 5.11 Å². The molecule has 0 fully saturated rings. The van der Waals surface area contributed by atoms with Crippen LogP contribution in [0.1, 0.15) is 32.6 Å². The minimum atomic E-state index is -0.461. The summed E-state index contributed by atoms with van der Waals surface area (Å²) in [7, 11) is 0. The van der Waals surface area contributed by atoms with E-state index in [2.05, 4.69) is 13.5 Å². The van der Waals surface area contributed by atoms with Crippen molar-refractivity contribution < 1.29 is 5.11 Å². The molecule has 0 bridgehead atoms. The highest BCUT2D eigenvalue weighted by Gasteiger charge is 1.87. The van der Waals surface area contributed by atoms with Gasteiger partial charge in [-0.2, -0.15) is 0 Å². The molecule has 1 N–H and O–H groups in total. The van der Waals surface area contributed by atoms with Crippen LogP contribution in [0.25, 0.3) is 0 Å². The van der Waals surface area contributed by atoms with Crippen LogP contribution in [-0.2, 0) is 0 Å². The summed E-state index contributed by atoms with van der Waals surface area (Å²) in [5.74, 6) is 0. The maximum Gasteiger partial charge on any atom is 0.0899 e. The van der Waals surface area contributed by atoms with E-state index in [1.54, 1.807) is 6.08 Å². The van der Waals surface area contributed by atoms with Crippen molar-refractivity contribution in [3.8, 4) is 0 Å². The summed E-state index contributed by atoms with van der Waals surface area (Å²) in [6.45, 7) is 5.66. The Bertz CT molecular complexity index is 116. The van der Waals surface area contributed by atoms with Gasteiger partial charge in [0.1, 0.15) is 0 Å². The lowest BCUT2D eigenvalue weighted by Gasteiger charge is -1.95. The Morgan fingerprint density at radius 2 is 2.18 bits per heavy atom. The van der Waals surface area contributed by atoms with Crippen molar-refractivity contribution in [2.45, 2.75) is 38.7 Å². The smallest absolute Gasteiger partial charge is 0.0899 e. The Morgan fingerprint density at radius 1 is 1.45 bits per heavy atom. The molecule has 0 aliphatic rings. The SMILES string of the molecule is C=CC(O)/C=C/CCCCC. The van der Waals surface area contributed by atoms with Crippen LogP contribution in [0.15, 0.2) is 24.8 Å². The van der Waals surface area contributed by atoms with E-state index in [-0.39, 0.29) is 0 Å². The standard InChI is InChI=1S/C10H18O/c1-3-5-6-7-8-9-10(11)4-2/h4,8-11H,2-3,5-7H2,1H3/b9-8+. The zero-order valence-electron chi connectivity index (χ0n) is 7.29. The molecule has 64 valence electrons. The number of allylic oxidation sites excluding steroid dienone is 1. The van der Waals surface area contributed by atoms with Gasteiger partial charge in [0.15, 0.2) is 0 Å². The van der Waals surface area contributed by atoms with Gasteiger partial charge in [0, 0.05) is 0 Å². The van der Waals surface area contributed by atoms with Gasteiger partial charge in [-0.3, -0.25) is 0 Å². The number of aliphatic hydroxyl groups excluding tert-OH is 1. The van der Waals surface area contributed by atoms with Gasteiger partial charge in [-0.05, 0) is 12.8 Å². The molecule has 0 aromatic rings. The van der Waals surface area contributed by atoms with Crippen LogP contribution in [-0.4, -0.2) is 11.2 Å². The molecule has 1 heteroatoms. The lowest BCUT2D eigenvalue weighted by Crippen LogP contribution is -1.93. The predicted octanol–water partition coefficient (Wildman–Crippen LogP) is 2.67. The molecule has 0 aromatic carbocycles. The van der Waals surface area contributed by atoms with Gasteiger partial charge in [0.25, 0.3) is 0 Å². The van der Waals surface area contributed by atoms with Crippen LogP contribution >= 0.6 is 0 Å². The quantitative estimate of drug-likeness (QED) is 0.460. The second-order valence-electron chi connectivity index (χ2n) is 2.65. The minimum Gasteiger partial charge on any atom is -0.385 e. The van der Waals surface area contributed by atoms with Gasteiger partial charge in [0.05, 0.1) is 6.10 Å². The Morgan fingerprint density at radius 3 is 2.73 bits per heavy atom. The molecule has 0 saturated heterocycles. The van der Waals surface area contributed by atoms with E-state index >= 15 is 0 Å². The van der Waals surface area contributed by atoms with E-state index in [0.29, 0.717) is 0 Å². The molecule has 0 aliphatic heterocycles. The zero-order valence-corrected chi connectivity index (χ0v) is 7.29. The van der Waals surface area contributed by atoms with Crippen LogP contribution in [0.5, 0.6) is 0 Å². The van der Waals surface area contributed by atoms with E-state index in [4.69, 9.17) is 5.11 Å². The van der Waals surface area contributed by atoms with Gasteiger partial charge in [-0.15, -0.1) is 6.58 Å². The third-order valence-electron chi connectivity index (χ3n) is 1.55. The molecule has 0 aliphatic carbocycles. The molecule has 0 heterocycles. The Labute approximate surface area is 69.4 Å². The van der Waals surface area contributed by atoms with Gasteiger partial charge in [0.2, 0.25) is 0 Å². The van der Waals surface area contributed by atoms with Crippen molar-refractivity contribution in [1.82, 2.24) is 0 Å². The van der Waals surface area contributed by atoms with Gasteiger partial charge >= 0.3 is 0 Å². The van der Waals surface area contributed by atoms with E-state index in [1.165, 1.54) is 25.3 Å². The largest absolute Gasteiger partial charge is 0.385 e. The third-order valence-corrected chi connectivity index (χ3v) is 1.55. The topological polar surface area (TPSA) is 20.2 Å². The first-order valence-corrected chi connectivity index (χ1v) is 4.28. The van der Waals surface area contributed by atoms with Crippen molar-refractivity contribution in [3.63, 3.8) is 0 Å². The molecular formula is C10H18O. The van der Waals surface area contributed by atoms with E-state index in [1.807, 2.05) is 6.08 Å². The molecule has 1 atom stereocenters. The molecule has 11 heavy (non-hydrogen) atoms. The molecule has 0 spiro atoms. The fraction of sp³-hybridized carbons (Fsp3) is 0.600. The lowest BCUT2D eigenvalue weighted by molar-refractivity contribution is 0.271. The van der Waals surface area contributed by atoms with Crippen molar-refractivity contribution in [2.24, 2.45) is 0 Å². The fourth-order valence-electron chi connectivity index (χ4n) is 0.826. The number of hydrogen-bond donors (Lipinski definition) is 1. The second-order valence-corrected chi connectivity index (χ2v) is 2.65. The summed E-state index contributed by atoms with van der Waals surface area (Å²) in [5, 5.41) is 9.01. The van der Waals surface area contributed by atoms with E-state index in [0.717, 1.165) is 6.42 Å². The highest BCUT2D eigenvalue weighted by atomic mass is 16.3. The highest BCUT2D eigenvalue weighted by molar-refractivity contribution is 4.97. The lowest BCUT2D eigenvalue weighted by atomic mass is 10.2. The molecule has 0 saturated carbocycles. The predicted molar refractivity (Wildman–Crippen MR) is 49.5 cm³/mol. The van der Waals surface area contributed by atoms with Crippen molar-refractivity contribution in [2.75, 3.05) is 0 Å². The van der Waals surface area contributed by atoms with Gasteiger partial charge in [-0.1, -0.05) is 38.0 Å². The first-order chi connectivity index (χ1) is 5.31. The summed E-state index contributed by atoms with van der Waals surface area (Å²) < 4.78 is 0. The summed E-state index contributed by atoms with van der Waals surface area (Å²) in [6, 6.07) is 0. The summed E-state index contributed by atoms with van der Waals surface area (Å²) >= 11 is 0. The average Bonchev–Trinajstić information content (AvgIpc) is 2.04. The van der Waals surface area contributed by atoms with Crippen LogP contribution < -0.4 is 0 Å². The van der Waals surface area contributed by atoms with E-state index < -0.39 is 6.10 Å². The molecule has 0 radical (unpaired) electrons. The minimum absolute atomic E-state index is 0.461. The van der Waals surface area contributed by atoms with Crippen LogP contribution in [0.3, 0.4) is 0 Å². The Hall–Kier alpha value is -0.560. The molecular weight excluding hydrogens is 136 g/mol. The molecule has 0 aromatic heterocycles. The van der Waals surface area contributed by atoms with E-state index in [9.17, 15) is 0 Å². The highest BCUT2D eigenvalue weighted by Crippen LogP contribution is 2.00. The van der Waals surface area contributed by atoms with Crippen molar-refractivity contribution in [3.05, 3.63) is 24.8 Å². The number of unbranched alkanes of at least 4 members (excludes halogenated alkanes) is 3. The second kappa shape index (κ2) is 7.55. The maximum absolute atomic E-state index is 9.01. The van der Waals surface area contributed by atoms with Gasteiger partial charge in [-0.25, -0.2) is 0 Å². The van der Waals surface area contributed by atoms with Crippen LogP contribution in [0.2, 0.25) is 0 Å². The number of hydrogen-bond acceptors (Lipinski definition) is 1. The van der Waals surface area contributed by atoms with Crippen LogP contribution in [0, 0.1) is 0 Å². The summed E-state index contributed by atoms with van der Waals surface area (Å²) in [4.78, 5) is 0. The zero-order chi connectivity index (χ0) is 8.53. The van der Waals surface area contributed by atoms with Crippen molar-refractivity contribution >= 4 is 0 Å². The molecule has 0 rings (SSSR count). The van der Waals surface area contributed by atoms with Crippen LogP contribution in [0.4, 0.5) is 0 Å². The fourth-order valence-corrected chi connectivity index (χ4v) is 0.826. The average molecular weight is 154 g/mol.